The minimum atomic E-state index is -1.01. The highest BCUT2D eigenvalue weighted by Gasteiger charge is 2.20. The van der Waals surface area contributed by atoms with Crippen LogP contribution in [-0.2, 0) is 6.54 Å². The second-order valence-corrected chi connectivity index (χ2v) is 6.63. The van der Waals surface area contributed by atoms with Gasteiger partial charge in [-0.05, 0) is 19.5 Å². The Labute approximate surface area is 131 Å². The molecule has 3 rings (SSSR count). The third-order valence-corrected chi connectivity index (χ3v) is 5.19. The lowest BCUT2D eigenvalue weighted by Gasteiger charge is -2.31. The van der Waals surface area contributed by atoms with Crippen LogP contribution in [0, 0.1) is 6.92 Å². The number of hydrogen-bond acceptors (Lipinski definition) is 6. The van der Waals surface area contributed by atoms with Crippen molar-refractivity contribution in [3.05, 3.63) is 26.6 Å². The molecule has 0 bridgehead atoms. The molecule has 0 spiro atoms. The Kier molecular flexibility index (Phi) is 3.98. The van der Waals surface area contributed by atoms with Gasteiger partial charge in [-0.3, -0.25) is 9.69 Å². The number of aromatic nitrogens is 2. The van der Waals surface area contributed by atoms with Gasteiger partial charge >= 0.3 is 5.97 Å². The average Bonchev–Trinajstić information content (AvgIpc) is 2.79. The van der Waals surface area contributed by atoms with Crippen LogP contribution in [0.1, 0.15) is 21.1 Å². The topological polar surface area (TPSA) is 89.5 Å². The summed E-state index contributed by atoms with van der Waals surface area (Å²) >= 11 is 1.07. The number of likely N-dealkylation sites (N-methyl/N-ethyl adjacent to an activating group) is 1. The van der Waals surface area contributed by atoms with E-state index in [2.05, 4.69) is 26.8 Å². The monoisotopic (exact) mass is 322 g/mol. The Morgan fingerprint density at radius 3 is 2.68 bits per heavy atom. The summed E-state index contributed by atoms with van der Waals surface area (Å²) < 4.78 is 0. The summed E-state index contributed by atoms with van der Waals surface area (Å²) in [5.74, 6) is -0.416. The SMILES string of the molecule is Cc1c(C(=O)O)sc2nc(CN3CCN(C)CC3)[nH]c(=O)c12. The van der Waals surface area contributed by atoms with Crippen molar-refractivity contribution < 1.29 is 9.90 Å². The second-order valence-electron chi connectivity index (χ2n) is 5.63. The molecule has 118 valence electrons. The van der Waals surface area contributed by atoms with Gasteiger partial charge in [0.2, 0.25) is 0 Å². The first-order chi connectivity index (χ1) is 10.5. The number of thiophene rings is 1. The summed E-state index contributed by atoms with van der Waals surface area (Å²) in [6.45, 7) is 6.09. The quantitative estimate of drug-likeness (QED) is 0.866. The first kappa shape index (κ1) is 15.1. The van der Waals surface area contributed by atoms with Crippen LogP contribution in [0.5, 0.6) is 0 Å². The number of carbonyl (C=O) groups is 1. The molecule has 1 aliphatic rings. The van der Waals surface area contributed by atoms with E-state index in [-0.39, 0.29) is 10.4 Å². The summed E-state index contributed by atoms with van der Waals surface area (Å²) in [6.07, 6.45) is 0. The number of aromatic carboxylic acids is 1. The van der Waals surface area contributed by atoms with Crippen molar-refractivity contribution in [2.45, 2.75) is 13.5 Å². The van der Waals surface area contributed by atoms with E-state index < -0.39 is 5.97 Å². The number of nitrogens with one attached hydrogen (secondary N) is 1. The third-order valence-electron chi connectivity index (χ3n) is 4.01. The van der Waals surface area contributed by atoms with E-state index in [1.807, 2.05) is 0 Å². The summed E-state index contributed by atoms with van der Waals surface area (Å²) in [5.41, 5.74) is 0.239. The molecule has 2 N–H and O–H groups in total. The Hall–Kier alpha value is -1.77. The predicted molar refractivity (Wildman–Crippen MR) is 84.7 cm³/mol. The molecule has 0 atom stereocenters. The molecule has 8 heteroatoms. The molecule has 0 saturated carbocycles. The normalized spacial score (nSPS) is 17.2. The Bertz CT molecular complexity index is 774. The number of carboxylic acid groups (broad SMARTS) is 1. The van der Waals surface area contributed by atoms with E-state index in [0.29, 0.717) is 28.1 Å². The summed E-state index contributed by atoms with van der Waals surface area (Å²) in [6, 6.07) is 0. The van der Waals surface area contributed by atoms with Crippen LogP contribution in [0.15, 0.2) is 4.79 Å². The molecule has 1 aliphatic heterocycles. The number of aromatic amines is 1. The minimum absolute atomic E-state index is 0.185. The fourth-order valence-corrected chi connectivity index (χ4v) is 3.72. The van der Waals surface area contributed by atoms with E-state index >= 15 is 0 Å². The molecule has 0 unspecified atom stereocenters. The van der Waals surface area contributed by atoms with Gasteiger partial charge in [0.1, 0.15) is 15.5 Å². The maximum absolute atomic E-state index is 12.2. The van der Waals surface area contributed by atoms with E-state index in [4.69, 9.17) is 0 Å². The zero-order valence-electron chi connectivity index (χ0n) is 12.5. The summed E-state index contributed by atoms with van der Waals surface area (Å²) in [4.78, 5) is 35.9. The molecule has 1 fully saturated rings. The number of hydrogen-bond donors (Lipinski definition) is 2. The number of piperazine rings is 1. The number of fused-ring (bicyclic) bond motifs is 1. The Morgan fingerprint density at radius 1 is 1.36 bits per heavy atom. The first-order valence-corrected chi connectivity index (χ1v) is 7.94. The van der Waals surface area contributed by atoms with Crippen LogP contribution in [0.4, 0.5) is 0 Å². The lowest BCUT2D eigenvalue weighted by molar-refractivity contribution is 0.0701. The van der Waals surface area contributed by atoms with Gasteiger partial charge in [0.25, 0.3) is 5.56 Å². The van der Waals surface area contributed by atoms with Crippen LogP contribution < -0.4 is 5.56 Å². The number of carboxylic acids is 1. The van der Waals surface area contributed by atoms with Gasteiger partial charge in [0, 0.05) is 26.2 Å². The van der Waals surface area contributed by atoms with Crippen molar-refractivity contribution in [3.63, 3.8) is 0 Å². The van der Waals surface area contributed by atoms with Crippen molar-refractivity contribution >= 4 is 27.5 Å². The molecule has 0 aliphatic carbocycles. The first-order valence-electron chi connectivity index (χ1n) is 7.12. The zero-order chi connectivity index (χ0) is 15.9. The molecule has 7 nitrogen and oxygen atoms in total. The van der Waals surface area contributed by atoms with Crippen LogP contribution in [0.2, 0.25) is 0 Å². The number of H-pyrrole nitrogens is 1. The van der Waals surface area contributed by atoms with E-state index in [1.165, 1.54) is 0 Å². The van der Waals surface area contributed by atoms with E-state index in [9.17, 15) is 14.7 Å². The van der Waals surface area contributed by atoms with Crippen LogP contribution >= 0.6 is 11.3 Å². The Balaban J connectivity index is 1.92. The fourth-order valence-electron chi connectivity index (χ4n) is 2.69. The Morgan fingerprint density at radius 2 is 2.05 bits per heavy atom. The van der Waals surface area contributed by atoms with Gasteiger partial charge in [0.05, 0.1) is 11.9 Å². The largest absolute Gasteiger partial charge is 0.477 e. The predicted octanol–water partition coefficient (Wildman–Crippen LogP) is 0.739. The van der Waals surface area contributed by atoms with Gasteiger partial charge in [-0.2, -0.15) is 0 Å². The molecular weight excluding hydrogens is 304 g/mol. The fraction of sp³-hybridized carbons (Fsp3) is 0.500. The van der Waals surface area contributed by atoms with Crippen molar-refractivity contribution in [2.75, 3.05) is 33.2 Å². The number of aryl methyl sites for hydroxylation is 1. The van der Waals surface area contributed by atoms with Crippen molar-refractivity contribution in [3.8, 4) is 0 Å². The summed E-state index contributed by atoms with van der Waals surface area (Å²) in [7, 11) is 2.09. The van der Waals surface area contributed by atoms with Gasteiger partial charge in [-0.15, -0.1) is 11.3 Å². The van der Waals surface area contributed by atoms with Gasteiger partial charge in [0.15, 0.2) is 0 Å². The van der Waals surface area contributed by atoms with Gasteiger partial charge in [-0.25, -0.2) is 9.78 Å². The highest BCUT2D eigenvalue weighted by Crippen LogP contribution is 2.26. The van der Waals surface area contributed by atoms with Crippen LogP contribution in [0.25, 0.3) is 10.2 Å². The number of nitrogens with zero attached hydrogens (tertiary/aromatic N) is 3. The van der Waals surface area contributed by atoms with Crippen LogP contribution in [-0.4, -0.2) is 64.1 Å². The molecule has 2 aromatic heterocycles. The molecule has 0 amide bonds. The third kappa shape index (κ3) is 2.77. The van der Waals surface area contributed by atoms with Crippen molar-refractivity contribution in [1.29, 1.82) is 0 Å². The van der Waals surface area contributed by atoms with Gasteiger partial charge in [-0.1, -0.05) is 0 Å². The average molecular weight is 322 g/mol. The lowest BCUT2D eigenvalue weighted by atomic mass is 10.2. The number of rotatable bonds is 3. The molecule has 22 heavy (non-hydrogen) atoms. The van der Waals surface area contributed by atoms with Gasteiger partial charge < -0.3 is 15.0 Å². The second kappa shape index (κ2) is 5.79. The molecule has 0 aromatic carbocycles. The molecule has 3 heterocycles. The minimum Gasteiger partial charge on any atom is -0.477 e. The zero-order valence-corrected chi connectivity index (χ0v) is 13.4. The lowest BCUT2D eigenvalue weighted by Crippen LogP contribution is -2.44. The maximum atomic E-state index is 12.2. The molecule has 1 saturated heterocycles. The maximum Gasteiger partial charge on any atom is 0.346 e. The van der Waals surface area contributed by atoms with Crippen molar-refractivity contribution in [2.24, 2.45) is 0 Å². The van der Waals surface area contributed by atoms with E-state index in [0.717, 1.165) is 37.5 Å². The van der Waals surface area contributed by atoms with Crippen molar-refractivity contribution in [1.82, 2.24) is 19.8 Å². The van der Waals surface area contributed by atoms with Crippen LogP contribution in [0.3, 0.4) is 0 Å². The highest BCUT2D eigenvalue weighted by molar-refractivity contribution is 7.20. The van der Waals surface area contributed by atoms with E-state index in [1.54, 1.807) is 6.92 Å². The molecular formula is C14H18N4O3S. The highest BCUT2D eigenvalue weighted by atomic mass is 32.1. The smallest absolute Gasteiger partial charge is 0.346 e. The standard InChI is InChI=1S/C14H18N4O3S/c1-8-10-12(19)15-9(7-18-5-3-17(2)4-6-18)16-13(10)22-11(8)14(20)21/h3-7H2,1-2H3,(H,20,21)(H,15,16,19). The molecule has 2 aromatic rings. The summed E-state index contributed by atoms with van der Waals surface area (Å²) in [5, 5.41) is 9.56. The molecule has 0 radical (unpaired) electrons.